The van der Waals surface area contributed by atoms with Gasteiger partial charge in [-0.15, -0.1) is 0 Å². The Kier molecular flexibility index (Phi) is 4.01. The van der Waals surface area contributed by atoms with Crippen molar-refractivity contribution in [1.82, 2.24) is 4.98 Å². The highest BCUT2D eigenvalue weighted by molar-refractivity contribution is 7.99. The largest absolute Gasteiger partial charge is 0.431 e. The van der Waals surface area contributed by atoms with Gasteiger partial charge >= 0.3 is 0 Å². The second-order valence-corrected chi connectivity index (χ2v) is 5.43. The van der Waals surface area contributed by atoms with Crippen molar-refractivity contribution in [2.45, 2.75) is 11.6 Å². The average molecular weight is 254 g/mol. The van der Waals surface area contributed by atoms with Gasteiger partial charge in [-0.2, -0.15) is 11.8 Å². The molecule has 1 aromatic carbocycles. The van der Waals surface area contributed by atoms with Crippen LogP contribution in [0.2, 0.25) is 0 Å². The van der Waals surface area contributed by atoms with Crippen molar-refractivity contribution in [3.05, 3.63) is 18.2 Å². The van der Waals surface area contributed by atoms with E-state index in [0.29, 0.717) is 5.69 Å². The molecule has 1 heterocycles. The predicted molar refractivity (Wildman–Crippen MR) is 72.1 cm³/mol. The molecular formula is C11H14N2OS2. The van der Waals surface area contributed by atoms with Gasteiger partial charge in [-0.1, -0.05) is 11.8 Å². The summed E-state index contributed by atoms with van der Waals surface area (Å²) in [5, 5.41) is 0.738. The second-order valence-electron chi connectivity index (χ2n) is 3.40. The average Bonchev–Trinajstić information content (AvgIpc) is 2.66. The SMILES string of the molecule is CSCCCSc1nc2ccc(N)cc2o1. The van der Waals surface area contributed by atoms with Crippen LogP contribution in [0.1, 0.15) is 6.42 Å². The summed E-state index contributed by atoms with van der Waals surface area (Å²) in [7, 11) is 0. The summed E-state index contributed by atoms with van der Waals surface area (Å²) >= 11 is 3.52. The summed E-state index contributed by atoms with van der Waals surface area (Å²) in [6.45, 7) is 0. The zero-order valence-corrected chi connectivity index (χ0v) is 10.7. The van der Waals surface area contributed by atoms with Crippen LogP contribution in [-0.4, -0.2) is 22.7 Å². The summed E-state index contributed by atoms with van der Waals surface area (Å²) in [5.41, 5.74) is 8.03. The Morgan fingerprint density at radius 3 is 3.06 bits per heavy atom. The maximum absolute atomic E-state index is 5.68. The van der Waals surface area contributed by atoms with Gasteiger partial charge in [-0.05, 0) is 30.6 Å². The van der Waals surface area contributed by atoms with Crippen molar-refractivity contribution < 1.29 is 4.42 Å². The van der Waals surface area contributed by atoms with E-state index in [4.69, 9.17) is 10.2 Å². The molecule has 0 unspecified atom stereocenters. The number of aromatic nitrogens is 1. The molecule has 2 N–H and O–H groups in total. The Balaban J connectivity index is 2.02. The monoisotopic (exact) mass is 254 g/mol. The van der Waals surface area contributed by atoms with Gasteiger partial charge in [0, 0.05) is 17.5 Å². The number of thioether (sulfide) groups is 2. The lowest BCUT2D eigenvalue weighted by molar-refractivity contribution is 0.489. The van der Waals surface area contributed by atoms with Crippen LogP contribution in [0.3, 0.4) is 0 Å². The summed E-state index contributed by atoms with van der Waals surface area (Å²) in [6.07, 6.45) is 3.29. The number of nitrogens with two attached hydrogens (primary N) is 1. The van der Waals surface area contributed by atoms with Crippen LogP contribution in [-0.2, 0) is 0 Å². The van der Waals surface area contributed by atoms with E-state index in [1.54, 1.807) is 11.8 Å². The number of hydrogen-bond acceptors (Lipinski definition) is 5. The minimum atomic E-state index is 0.711. The zero-order chi connectivity index (χ0) is 11.4. The minimum Gasteiger partial charge on any atom is -0.431 e. The fourth-order valence-electron chi connectivity index (χ4n) is 1.34. The molecule has 0 spiro atoms. The van der Waals surface area contributed by atoms with Gasteiger partial charge in [0.05, 0.1) is 0 Å². The van der Waals surface area contributed by atoms with Gasteiger partial charge in [-0.3, -0.25) is 0 Å². The first-order valence-electron chi connectivity index (χ1n) is 5.07. The maximum atomic E-state index is 5.68. The van der Waals surface area contributed by atoms with Gasteiger partial charge in [0.15, 0.2) is 5.58 Å². The Morgan fingerprint density at radius 2 is 2.25 bits per heavy atom. The smallest absolute Gasteiger partial charge is 0.256 e. The van der Waals surface area contributed by atoms with E-state index in [1.165, 1.54) is 12.2 Å². The van der Waals surface area contributed by atoms with Crippen molar-refractivity contribution in [2.75, 3.05) is 23.5 Å². The Labute approximate surface area is 103 Å². The Hall–Kier alpha value is -0.810. The van der Waals surface area contributed by atoms with Crippen LogP contribution in [0, 0.1) is 0 Å². The highest BCUT2D eigenvalue weighted by Gasteiger charge is 2.05. The lowest BCUT2D eigenvalue weighted by Crippen LogP contribution is -1.82. The normalized spacial score (nSPS) is 11.1. The molecular weight excluding hydrogens is 240 g/mol. The van der Waals surface area contributed by atoms with Gasteiger partial charge in [0.1, 0.15) is 5.52 Å². The van der Waals surface area contributed by atoms with Crippen LogP contribution in [0.4, 0.5) is 5.69 Å². The van der Waals surface area contributed by atoms with E-state index in [1.807, 2.05) is 30.0 Å². The molecule has 0 atom stereocenters. The highest BCUT2D eigenvalue weighted by atomic mass is 32.2. The number of nitrogen functional groups attached to an aromatic ring is 1. The first kappa shape index (κ1) is 11.7. The number of anilines is 1. The molecule has 0 saturated heterocycles. The van der Waals surface area contributed by atoms with Crippen LogP contribution in [0.5, 0.6) is 0 Å². The van der Waals surface area contributed by atoms with E-state index in [9.17, 15) is 0 Å². The van der Waals surface area contributed by atoms with Crippen LogP contribution in [0.25, 0.3) is 11.1 Å². The molecule has 0 saturated carbocycles. The van der Waals surface area contributed by atoms with Crippen molar-refractivity contribution in [3.8, 4) is 0 Å². The zero-order valence-electron chi connectivity index (χ0n) is 9.10. The number of hydrogen-bond donors (Lipinski definition) is 1. The van der Waals surface area contributed by atoms with E-state index in [2.05, 4.69) is 11.2 Å². The third kappa shape index (κ3) is 2.86. The molecule has 16 heavy (non-hydrogen) atoms. The summed E-state index contributed by atoms with van der Waals surface area (Å²) in [4.78, 5) is 4.39. The van der Waals surface area contributed by atoms with E-state index in [0.717, 1.165) is 22.1 Å². The number of fused-ring (bicyclic) bond motifs is 1. The molecule has 3 nitrogen and oxygen atoms in total. The van der Waals surface area contributed by atoms with Crippen molar-refractivity contribution in [2.24, 2.45) is 0 Å². The van der Waals surface area contributed by atoms with Crippen LogP contribution >= 0.6 is 23.5 Å². The van der Waals surface area contributed by atoms with Crippen LogP contribution < -0.4 is 5.73 Å². The molecule has 0 aliphatic heterocycles. The Morgan fingerprint density at radius 1 is 1.38 bits per heavy atom. The molecule has 1 aromatic heterocycles. The number of rotatable bonds is 5. The summed E-state index contributed by atoms with van der Waals surface area (Å²) in [5.74, 6) is 2.23. The molecule has 86 valence electrons. The molecule has 0 aliphatic carbocycles. The number of nitrogens with zero attached hydrogens (tertiary/aromatic N) is 1. The van der Waals surface area contributed by atoms with Gasteiger partial charge in [-0.25, -0.2) is 4.98 Å². The first-order valence-corrected chi connectivity index (χ1v) is 7.45. The van der Waals surface area contributed by atoms with Crippen molar-refractivity contribution in [1.29, 1.82) is 0 Å². The van der Waals surface area contributed by atoms with E-state index >= 15 is 0 Å². The third-order valence-corrected chi connectivity index (χ3v) is 3.72. The molecule has 5 heteroatoms. The van der Waals surface area contributed by atoms with E-state index in [-0.39, 0.29) is 0 Å². The fraction of sp³-hybridized carbons (Fsp3) is 0.364. The lowest BCUT2D eigenvalue weighted by Gasteiger charge is -1.94. The van der Waals surface area contributed by atoms with E-state index < -0.39 is 0 Å². The quantitative estimate of drug-likeness (QED) is 0.504. The third-order valence-electron chi connectivity index (χ3n) is 2.11. The minimum absolute atomic E-state index is 0.711. The van der Waals surface area contributed by atoms with Gasteiger partial charge in [0.25, 0.3) is 5.22 Å². The molecule has 0 bridgehead atoms. The van der Waals surface area contributed by atoms with Crippen molar-refractivity contribution >= 4 is 40.3 Å². The first-order chi connectivity index (χ1) is 7.79. The maximum Gasteiger partial charge on any atom is 0.256 e. The molecule has 0 aliphatic rings. The molecule has 0 amide bonds. The lowest BCUT2D eigenvalue weighted by atomic mass is 10.3. The molecule has 2 rings (SSSR count). The Bertz CT molecular complexity index is 470. The molecule has 2 aromatic rings. The fourth-order valence-corrected chi connectivity index (χ4v) is 2.74. The number of benzene rings is 1. The van der Waals surface area contributed by atoms with Crippen LogP contribution in [0.15, 0.2) is 27.8 Å². The predicted octanol–water partition coefficient (Wildman–Crippen LogP) is 3.26. The molecule has 0 fully saturated rings. The van der Waals surface area contributed by atoms with Gasteiger partial charge in [0.2, 0.25) is 0 Å². The van der Waals surface area contributed by atoms with Gasteiger partial charge < -0.3 is 10.2 Å². The number of oxazole rings is 1. The standard InChI is InChI=1S/C11H14N2OS2/c1-15-5-2-6-16-11-13-9-4-3-8(12)7-10(9)14-11/h3-4,7H,2,5-6,12H2,1H3. The van der Waals surface area contributed by atoms with Crippen molar-refractivity contribution in [3.63, 3.8) is 0 Å². The second kappa shape index (κ2) is 5.50. The highest BCUT2D eigenvalue weighted by Crippen LogP contribution is 2.25. The molecule has 0 radical (unpaired) electrons. The summed E-state index contributed by atoms with van der Waals surface area (Å²) < 4.78 is 5.59. The summed E-state index contributed by atoms with van der Waals surface area (Å²) in [6, 6.07) is 5.54. The topological polar surface area (TPSA) is 52.0 Å².